The third-order valence-electron chi connectivity index (χ3n) is 3.63. The first kappa shape index (κ1) is 15.5. The van der Waals surface area contributed by atoms with E-state index in [2.05, 4.69) is 6.58 Å². The maximum absolute atomic E-state index is 11.6. The zero-order chi connectivity index (χ0) is 14.5. The number of aliphatic carboxylic acids is 1. The molecule has 0 aromatic carbocycles. The van der Waals surface area contributed by atoms with Crippen molar-refractivity contribution in [3.63, 3.8) is 0 Å². The molecule has 0 saturated carbocycles. The summed E-state index contributed by atoms with van der Waals surface area (Å²) in [6.07, 6.45) is 3.60. The molecule has 1 N–H and O–H groups in total. The van der Waals surface area contributed by atoms with Gasteiger partial charge in [0, 0.05) is 13.1 Å². The molecule has 1 saturated heterocycles. The highest BCUT2D eigenvalue weighted by atomic mass is 16.6. The normalized spacial score (nSPS) is 19.3. The van der Waals surface area contributed by atoms with Crippen molar-refractivity contribution in [3.8, 4) is 0 Å². The van der Waals surface area contributed by atoms with E-state index in [1.807, 2.05) is 0 Å². The molecule has 1 aliphatic rings. The Morgan fingerprint density at radius 3 is 2.79 bits per heavy atom. The highest BCUT2D eigenvalue weighted by Crippen LogP contribution is 2.29. The molecule has 0 spiro atoms. The molecular weight excluding hydrogens is 246 g/mol. The maximum atomic E-state index is 11.6. The fourth-order valence-corrected chi connectivity index (χ4v) is 2.13. The van der Waals surface area contributed by atoms with Crippen molar-refractivity contribution in [3.05, 3.63) is 12.7 Å². The topological polar surface area (TPSA) is 66.8 Å². The minimum Gasteiger partial charge on any atom is -0.481 e. The number of rotatable bonds is 6. The lowest BCUT2D eigenvalue weighted by atomic mass is 9.84. The first-order valence-corrected chi connectivity index (χ1v) is 6.63. The summed E-state index contributed by atoms with van der Waals surface area (Å²) in [7, 11) is 0. The van der Waals surface area contributed by atoms with Crippen LogP contribution in [0.15, 0.2) is 12.7 Å². The minimum atomic E-state index is -0.771. The molecule has 1 fully saturated rings. The Bertz CT molecular complexity index is 351. The van der Waals surface area contributed by atoms with Gasteiger partial charge in [-0.1, -0.05) is 12.7 Å². The van der Waals surface area contributed by atoms with Gasteiger partial charge in [0.15, 0.2) is 0 Å². The van der Waals surface area contributed by atoms with Crippen LogP contribution in [0.3, 0.4) is 0 Å². The van der Waals surface area contributed by atoms with E-state index in [4.69, 9.17) is 9.84 Å². The Kier molecular flexibility index (Phi) is 5.39. The predicted molar refractivity (Wildman–Crippen MR) is 71.9 cm³/mol. The molecule has 1 rings (SSSR count). The van der Waals surface area contributed by atoms with Gasteiger partial charge in [0.2, 0.25) is 0 Å². The van der Waals surface area contributed by atoms with Gasteiger partial charge in [-0.25, -0.2) is 4.79 Å². The second kappa shape index (κ2) is 6.59. The summed E-state index contributed by atoms with van der Waals surface area (Å²) < 4.78 is 4.98. The molecule has 1 aliphatic heterocycles. The summed E-state index contributed by atoms with van der Waals surface area (Å²) in [6.45, 7) is 8.54. The summed E-state index contributed by atoms with van der Waals surface area (Å²) in [5, 5.41) is 9.06. The van der Waals surface area contributed by atoms with E-state index in [-0.39, 0.29) is 12.7 Å². The van der Waals surface area contributed by atoms with Gasteiger partial charge in [0.05, 0.1) is 5.41 Å². The van der Waals surface area contributed by atoms with Crippen molar-refractivity contribution in [1.29, 1.82) is 0 Å². The standard InChI is InChI=1S/C14H23NO4/c1-4-9-19-13(18)15-8-6-11(10-15)5-7-14(2,3)12(16)17/h4,11H,1,5-10H2,2-3H3,(H,16,17). The zero-order valence-corrected chi connectivity index (χ0v) is 11.7. The zero-order valence-electron chi connectivity index (χ0n) is 11.7. The molecular formula is C14H23NO4. The second-order valence-electron chi connectivity index (χ2n) is 5.69. The predicted octanol–water partition coefficient (Wildman–Crippen LogP) is 2.52. The third kappa shape index (κ3) is 4.58. The van der Waals surface area contributed by atoms with Crippen molar-refractivity contribution < 1.29 is 19.4 Å². The Labute approximate surface area is 114 Å². The maximum Gasteiger partial charge on any atom is 0.410 e. The van der Waals surface area contributed by atoms with Crippen LogP contribution in [-0.4, -0.2) is 41.8 Å². The molecule has 1 unspecified atom stereocenters. The van der Waals surface area contributed by atoms with Crippen molar-refractivity contribution in [2.75, 3.05) is 19.7 Å². The molecule has 1 amide bonds. The third-order valence-corrected chi connectivity index (χ3v) is 3.63. The van der Waals surface area contributed by atoms with Gasteiger partial charge in [0.1, 0.15) is 6.61 Å². The van der Waals surface area contributed by atoms with E-state index < -0.39 is 11.4 Å². The Hall–Kier alpha value is -1.52. The van der Waals surface area contributed by atoms with Gasteiger partial charge in [-0.2, -0.15) is 0 Å². The Morgan fingerprint density at radius 2 is 2.21 bits per heavy atom. The Balaban J connectivity index is 2.34. The fraction of sp³-hybridized carbons (Fsp3) is 0.714. The number of amides is 1. The highest BCUT2D eigenvalue weighted by Gasteiger charge is 2.31. The van der Waals surface area contributed by atoms with E-state index >= 15 is 0 Å². The molecule has 0 aromatic rings. The van der Waals surface area contributed by atoms with Crippen LogP contribution in [0, 0.1) is 11.3 Å². The van der Waals surface area contributed by atoms with Gasteiger partial charge in [-0.05, 0) is 39.0 Å². The fourth-order valence-electron chi connectivity index (χ4n) is 2.13. The first-order valence-electron chi connectivity index (χ1n) is 6.63. The minimum absolute atomic E-state index is 0.228. The van der Waals surface area contributed by atoms with Gasteiger partial charge in [-0.15, -0.1) is 0 Å². The van der Waals surface area contributed by atoms with E-state index in [0.717, 1.165) is 12.8 Å². The molecule has 0 bridgehead atoms. The van der Waals surface area contributed by atoms with Crippen molar-refractivity contribution in [2.45, 2.75) is 33.1 Å². The average Bonchev–Trinajstić information content (AvgIpc) is 2.82. The van der Waals surface area contributed by atoms with Crippen molar-refractivity contribution in [2.24, 2.45) is 11.3 Å². The van der Waals surface area contributed by atoms with Crippen LogP contribution in [0.5, 0.6) is 0 Å². The lowest BCUT2D eigenvalue weighted by Crippen LogP contribution is -2.30. The number of ether oxygens (including phenoxy) is 1. The summed E-state index contributed by atoms with van der Waals surface area (Å²) in [5.74, 6) is -0.400. The van der Waals surface area contributed by atoms with E-state index in [1.54, 1.807) is 24.8 Å². The van der Waals surface area contributed by atoms with E-state index in [0.29, 0.717) is 25.4 Å². The lowest BCUT2D eigenvalue weighted by Gasteiger charge is -2.21. The molecule has 0 aromatic heterocycles. The number of carboxylic acid groups (broad SMARTS) is 1. The molecule has 5 heteroatoms. The van der Waals surface area contributed by atoms with Crippen molar-refractivity contribution >= 4 is 12.1 Å². The second-order valence-corrected chi connectivity index (χ2v) is 5.69. The van der Waals surface area contributed by atoms with Crippen molar-refractivity contribution in [1.82, 2.24) is 4.90 Å². The highest BCUT2D eigenvalue weighted by molar-refractivity contribution is 5.73. The molecule has 0 aliphatic carbocycles. The van der Waals surface area contributed by atoms with Crippen LogP contribution in [0.2, 0.25) is 0 Å². The number of carbonyl (C=O) groups is 2. The van der Waals surface area contributed by atoms with Crippen LogP contribution in [0.25, 0.3) is 0 Å². The van der Waals surface area contributed by atoms with Crippen LogP contribution < -0.4 is 0 Å². The number of nitrogens with zero attached hydrogens (tertiary/aromatic N) is 1. The first-order chi connectivity index (χ1) is 8.86. The SMILES string of the molecule is C=CCOC(=O)N1CCC(CCC(C)(C)C(=O)O)C1. The van der Waals surface area contributed by atoms with E-state index in [9.17, 15) is 9.59 Å². The molecule has 1 heterocycles. The molecule has 5 nitrogen and oxygen atoms in total. The number of hydrogen-bond acceptors (Lipinski definition) is 3. The van der Waals surface area contributed by atoms with Gasteiger partial charge in [0.25, 0.3) is 0 Å². The average molecular weight is 269 g/mol. The Morgan fingerprint density at radius 1 is 1.53 bits per heavy atom. The van der Waals surface area contributed by atoms with Gasteiger partial charge < -0.3 is 14.7 Å². The molecule has 1 atom stereocenters. The summed E-state index contributed by atoms with van der Waals surface area (Å²) >= 11 is 0. The largest absolute Gasteiger partial charge is 0.481 e. The number of carbonyl (C=O) groups excluding carboxylic acids is 1. The van der Waals surface area contributed by atoms with Gasteiger partial charge >= 0.3 is 12.1 Å². The number of likely N-dealkylation sites (tertiary alicyclic amines) is 1. The molecule has 19 heavy (non-hydrogen) atoms. The summed E-state index contributed by atoms with van der Waals surface area (Å²) in [6, 6.07) is 0. The monoisotopic (exact) mass is 269 g/mol. The van der Waals surface area contributed by atoms with Crippen LogP contribution in [0.4, 0.5) is 4.79 Å². The number of carboxylic acids is 1. The smallest absolute Gasteiger partial charge is 0.410 e. The molecule has 108 valence electrons. The lowest BCUT2D eigenvalue weighted by molar-refractivity contribution is -0.147. The summed E-state index contributed by atoms with van der Waals surface area (Å²) in [4.78, 5) is 24.3. The van der Waals surface area contributed by atoms with Crippen LogP contribution in [-0.2, 0) is 9.53 Å². The molecule has 0 radical (unpaired) electrons. The number of hydrogen-bond donors (Lipinski definition) is 1. The quantitative estimate of drug-likeness (QED) is 0.752. The summed E-state index contributed by atoms with van der Waals surface area (Å²) in [5.41, 5.74) is -0.698. The van der Waals surface area contributed by atoms with Crippen LogP contribution >= 0.6 is 0 Å². The van der Waals surface area contributed by atoms with Crippen LogP contribution in [0.1, 0.15) is 33.1 Å². The van der Waals surface area contributed by atoms with E-state index in [1.165, 1.54) is 0 Å². The van der Waals surface area contributed by atoms with Gasteiger partial charge in [-0.3, -0.25) is 4.79 Å².